The summed E-state index contributed by atoms with van der Waals surface area (Å²) in [6, 6.07) is -3.17. The number of hydrogen-bond donors (Lipinski definition) is 6. The van der Waals surface area contributed by atoms with E-state index in [1.807, 2.05) is 13.8 Å². The summed E-state index contributed by atoms with van der Waals surface area (Å²) in [5.41, 5.74) is 5.42. The van der Waals surface area contributed by atoms with Crippen LogP contribution in [0.25, 0.3) is 0 Å². The van der Waals surface area contributed by atoms with E-state index in [0.717, 1.165) is 0 Å². The van der Waals surface area contributed by atoms with Crippen LogP contribution in [-0.2, 0) is 19.2 Å². The van der Waals surface area contributed by atoms with Gasteiger partial charge in [0.05, 0.1) is 12.1 Å². The van der Waals surface area contributed by atoms with Crippen molar-refractivity contribution in [3.63, 3.8) is 0 Å². The molecule has 10 nitrogen and oxygen atoms in total. The first-order valence-electron chi connectivity index (χ1n) is 7.99. The number of rotatable bonds is 10. The number of amides is 3. The van der Waals surface area contributed by atoms with Crippen LogP contribution in [0.2, 0.25) is 0 Å². The summed E-state index contributed by atoms with van der Waals surface area (Å²) in [4.78, 5) is 46.7. The van der Waals surface area contributed by atoms with Gasteiger partial charge in [-0.05, 0) is 26.2 Å². The van der Waals surface area contributed by atoms with Gasteiger partial charge in [-0.1, -0.05) is 13.8 Å². The van der Waals surface area contributed by atoms with Crippen LogP contribution in [0.15, 0.2) is 0 Å². The lowest BCUT2D eigenvalue weighted by molar-refractivity contribution is -0.139. The Labute approximate surface area is 146 Å². The van der Waals surface area contributed by atoms with Crippen LogP contribution < -0.4 is 21.7 Å². The Morgan fingerprint density at radius 3 is 1.92 bits per heavy atom. The van der Waals surface area contributed by atoms with Gasteiger partial charge in [0.25, 0.3) is 0 Å². The van der Waals surface area contributed by atoms with Crippen molar-refractivity contribution in [1.29, 1.82) is 0 Å². The average molecular weight is 360 g/mol. The van der Waals surface area contributed by atoms with E-state index in [-0.39, 0.29) is 12.3 Å². The first-order chi connectivity index (χ1) is 11.5. The maximum Gasteiger partial charge on any atom is 0.322 e. The van der Waals surface area contributed by atoms with Crippen LogP contribution in [0.1, 0.15) is 34.1 Å². The van der Waals surface area contributed by atoms with E-state index >= 15 is 0 Å². The number of carboxylic acids is 1. The quantitative estimate of drug-likeness (QED) is 0.260. The second-order valence-electron chi connectivity index (χ2n) is 6.32. The molecule has 3 amide bonds. The Kier molecular flexibility index (Phi) is 9.69. The summed E-state index contributed by atoms with van der Waals surface area (Å²) in [6.45, 7) is 5.81. The molecular weight excluding hydrogens is 332 g/mol. The van der Waals surface area contributed by atoms with Gasteiger partial charge < -0.3 is 31.9 Å². The topological polar surface area (TPSA) is 171 Å². The molecule has 0 aliphatic rings. The van der Waals surface area contributed by atoms with Crippen molar-refractivity contribution in [2.24, 2.45) is 11.7 Å². The molecule has 0 fully saturated rings. The average Bonchev–Trinajstić information content (AvgIpc) is 2.47. The first-order valence-corrected chi connectivity index (χ1v) is 7.99. The van der Waals surface area contributed by atoms with Gasteiger partial charge in [-0.25, -0.2) is 0 Å². The van der Waals surface area contributed by atoms with E-state index in [0.29, 0.717) is 0 Å². The maximum absolute atomic E-state index is 12.4. The highest BCUT2D eigenvalue weighted by Crippen LogP contribution is 2.06. The summed E-state index contributed by atoms with van der Waals surface area (Å²) in [7, 11) is 0. The molecule has 0 aliphatic heterocycles. The lowest BCUT2D eigenvalue weighted by Gasteiger charge is -2.25. The van der Waals surface area contributed by atoms with Gasteiger partial charge in [-0.2, -0.15) is 0 Å². The van der Waals surface area contributed by atoms with Crippen LogP contribution >= 0.6 is 0 Å². The lowest BCUT2D eigenvalue weighted by Crippen LogP contribution is -2.59. The van der Waals surface area contributed by atoms with Gasteiger partial charge in [-0.3, -0.25) is 19.2 Å². The van der Waals surface area contributed by atoms with Crippen molar-refractivity contribution in [2.45, 2.75) is 58.3 Å². The van der Waals surface area contributed by atoms with Gasteiger partial charge in [0.2, 0.25) is 17.7 Å². The normalized spacial score (nSPS) is 15.6. The number of nitrogens with one attached hydrogen (secondary N) is 3. The molecule has 0 aromatic carbocycles. The Balaban J connectivity index is 5.09. The fraction of sp³-hybridized carbons (Fsp3) is 0.733. The number of aliphatic carboxylic acids is 1. The van der Waals surface area contributed by atoms with Gasteiger partial charge in [0.15, 0.2) is 0 Å². The molecule has 144 valence electrons. The van der Waals surface area contributed by atoms with E-state index in [1.165, 1.54) is 13.8 Å². The predicted octanol–water partition coefficient (Wildman–Crippen LogP) is -2.07. The van der Waals surface area contributed by atoms with E-state index in [4.69, 9.17) is 10.8 Å². The molecule has 0 aromatic rings. The van der Waals surface area contributed by atoms with Crippen LogP contribution in [0.3, 0.4) is 0 Å². The van der Waals surface area contributed by atoms with Gasteiger partial charge in [0.1, 0.15) is 18.6 Å². The number of aliphatic hydroxyl groups excluding tert-OH is 1. The zero-order valence-corrected chi connectivity index (χ0v) is 14.9. The van der Waals surface area contributed by atoms with Gasteiger partial charge >= 0.3 is 5.97 Å². The number of aliphatic hydroxyl groups is 1. The van der Waals surface area contributed by atoms with E-state index < -0.39 is 54.5 Å². The molecule has 0 bridgehead atoms. The Morgan fingerprint density at radius 2 is 1.52 bits per heavy atom. The Morgan fingerprint density at radius 1 is 0.960 bits per heavy atom. The zero-order valence-electron chi connectivity index (χ0n) is 14.9. The van der Waals surface area contributed by atoms with Crippen molar-refractivity contribution < 1.29 is 29.4 Å². The number of carboxylic acid groups (broad SMARTS) is 1. The van der Waals surface area contributed by atoms with E-state index in [2.05, 4.69) is 16.0 Å². The van der Waals surface area contributed by atoms with E-state index in [1.54, 1.807) is 0 Å². The molecule has 0 spiro atoms. The lowest BCUT2D eigenvalue weighted by atomic mass is 10.0. The molecule has 0 rings (SSSR count). The molecule has 0 aromatic heterocycles. The molecule has 10 heteroatoms. The summed E-state index contributed by atoms with van der Waals surface area (Å²) in [5, 5.41) is 25.3. The molecule has 0 heterocycles. The van der Waals surface area contributed by atoms with Gasteiger partial charge in [-0.15, -0.1) is 0 Å². The third-order valence-corrected chi connectivity index (χ3v) is 3.23. The fourth-order valence-corrected chi connectivity index (χ4v) is 1.94. The van der Waals surface area contributed by atoms with Crippen LogP contribution in [0, 0.1) is 5.92 Å². The fourth-order valence-electron chi connectivity index (χ4n) is 1.94. The third-order valence-electron chi connectivity index (χ3n) is 3.23. The molecule has 0 saturated heterocycles. The highest BCUT2D eigenvalue weighted by atomic mass is 16.4. The summed E-state index contributed by atoms with van der Waals surface area (Å²) < 4.78 is 0. The predicted molar refractivity (Wildman–Crippen MR) is 89.3 cm³/mol. The Bertz CT molecular complexity index is 492. The minimum absolute atomic E-state index is 0.0320. The van der Waals surface area contributed by atoms with Crippen molar-refractivity contribution in [3.05, 3.63) is 0 Å². The SMILES string of the molecule is CC(C)CC(NC(=O)C(NC(=O)C(C)N)C(C)O)C(=O)NCC(=O)O. The van der Waals surface area contributed by atoms with Crippen molar-refractivity contribution in [1.82, 2.24) is 16.0 Å². The molecule has 4 atom stereocenters. The molecule has 25 heavy (non-hydrogen) atoms. The maximum atomic E-state index is 12.4. The third kappa shape index (κ3) is 9.01. The molecule has 0 saturated carbocycles. The molecule has 4 unspecified atom stereocenters. The molecule has 7 N–H and O–H groups in total. The van der Waals surface area contributed by atoms with Gasteiger partial charge in [0, 0.05) is 0 Å². The van der Waals surface area contributed by atoms with Crippen molar-refractivity contribution in [2.75, 3.05) is 6.54 Å². The number of carbonyl (C=O) groups is 4. The summed E-state index contributed by atoms with van der Waals surface area (Å²) in [6.07, 6.45) is -0.963. The van der Waals surface area contributed by atoms with Crippen LogP contribution in [-0.4, -0.2) is 64.7 Å². The summed E-state index contributed by atoms with van der Waals surface area (Å²) in [5.74, 6) is -3.23. The first kappa shape index (κ1) is 22.8. The van der Waals surface area contributed by atoms with Crippen molar-refractivity contribution >= 4 is 23.7 Å². The van der Waals surface area contributed by atoms with Crippen LogP contribution in [0.5, 0.6) is 0 Å². The zero-order chi connectivity index (χ0) is 19.7. The second kappa shape index (κ2) is 10.6. The highest BCUT2D eigenvalue weighted by Gasteiger charge is 2.30. The number of carbonyl (C=O) groups excluding carboxylic acids is 3. The van der Waals surface area contributed by atoms with Crippen LogP contribution in [0.4, 0.5) is 0 Å². The molecular formula is C15H28N4O6. The molecule has 0 radical (unpaired) electrons. The smallest absolute Gasteiger partial charge is 0.322 e. The highest BCUT2D eigenvalue weighted by molar-refractivity contribution is 5.93. The monoisotopic (exact) mass is 360 g/mol. The van der Waals surface area contributed by atoms with E-state index in [9.17, 15) is 24.3 Å². The number of hydrogen-bond acceptors (Lipinski definition) is 6. The molecule has 0 aliphatic carbocycles. The largest absolute Gasteiger partial charge is 0.480 e. The minimum Gasteiger partial charge on any atom is -0.480 e. The summed E-state index contributed by atoms with van der Waals surface area (Å²) >= 11 is 0. The Hall–Kier alpha value is -2.20. The number of nitrogens with two attached hydrogens (primary N) is 1. The standard InChI is InChI=1S/C15H28N4O6/c1-7(2)5-10(14(24)17-6-11(21)22)18-15(25)12(9(4)20)19-13(23)8(3)16/h7-10,12,20H,5-6,16H2,1-4H3,(H,17,24)(H,18,25)(H,19,23)(H,21,22). The van der Waals surface area contributed by atoms with Crippen molar-refractivity contribution in [3.8, 4) is 0 Å². The second-order valence-corrected chi connectivity index (χ2v) is 6.32. The minimum atomic E-state index is -1.29.